The van der Waals surface area contributed by atoms with Gasteiger partial charge >= 0.3 is 5.97 Å². The summed E-state index contributed by atoms with van der Waals surface area (Å²) in [5.74, 6) is -0.855. The topological polar surface area (TPSA) is 49.8 Å². The number of carboxylic acids is 1. The van der Waals surface area contributed by atoms with Gasteiger partial charge < -0.3 is 9.84 Å². The first kappa shape index (κ1) is 23.2. The van der Waals surface area contributed by atoms with Gasteiger partial charge in [0.15, 0.2) is 0 Å². The predicted molar refractivity (Wildman–Crippen MR) is 134 cm³/mol. The first-order valence-corrected chi connectivity index (χ1v) is 11.5. The molecule has 0 saturated carbocycles. The molecule has 0 aliphatic carbocycles. The molecule has 0 bridgehead atoms. The Labute approximate surface area is 200 Å². The molecule has 3 aromatic rings. The second kappa shape index (κ2) is 10.3. The van der Waals surface area contributed by atoms with Gasteiger partial charge in [-0.25, -0.2) is 0 Å². The number of hydrogen-bond donors (Lipinski definition) is 1. The molecule has 1 heterocycles. The Morgan fingerprint density at radius 3 is 2.61 bits per heavy atom. The van der Waals surface area contributed by atoms with Gasteiger partial charge in [-0.1, -0.05) is 78.4 Å². The molecule has 1 saturated heterocycles. The molecule has 1 aliphatic heterocycles. The van der Waals surface area contributed by atoms with Crippen molar-refractivity contribution in [2.24, 2.45) is 0 Å². The number of benzene rings is 3. The largest absolute Gasteiger partial charge is 0.480 e. The maximum absolute atomic E-state index is 11.6. The number of aliphatic carboxylic acids is 1. The number of ether oxygens (including phenoxy) is 1. The maximum Gasteiger partial charge on any atom is 0.323 e. The lowest BCUT2D eigenvalue weighted by Gasteiger charge is -2.33. The number of aryl methyl sites for hydroxylation is 1. The number of halogens is 1. The third-order valence-corrected chi connectivity index (χ3v) is 6.58. The number of carboxylic acid groups (broad SMARTS) is 1. The van der Waals surface area contributed by atoms with Gasteiger partial charge in [0.25, 0.3) is 0 Å². The Morgan fingerprint density at radius 1 is 1.09 bits per heavy atom. The average Bonchev–Trinajstić information content (AvgIpc) is 2.82. The summed E-state index contributed by atoms with van der Waals surface area (Å²) in [4.78, 5) is 13.5. The van der Waals surface area contributed by atoms with Crippen molar-refractivity contribution >= 4 is 29.7 Å². The van der Waals surface area contributed by atoms with Crippen LogP contribution in [0.2, 0.25) is 5.02 Å². The Kier molecular flexibility index (Phi) is 7.29. The highest BCUT2D eigenvalue weighted by Crippen LogP contribution is 2.29. The fraction of sp³-hybridized carbons (Fsp3) is 0.250. The number of nitrogens with zero attached hydrogens (tertiary/aromatic N) is 1. The lowest BCUT2D eigenvalue weighted by Crippen LogP contribution is -2.49. The summed E-state index contributed by atoms with van der Waals surface area (Å²) in [6, 6.07) is 20.1. The van der Waals surface area contributed by atoms with Crippen LogP contribution in [0.5, 0.6) is 0 Å². The van der Waals surface area contributed by atoms with E-state index in [4.69, 9.17) is 16.3 Å². The van der Waals surface area contributed by atoms with Gasteiger partial charge in [0.2, 0.25) is 0 Å². The fourth-order valence-corrected chi connectivity index (χ4v) is 4.51. The van der Waals surface area contributed by atoms with Crippen molar-refractivity contribution in [1.29, 1.82) is 0 Å². The van der Waals surface area contributed by atoms with E-state index < -0.39 is 12.0 Å². The molecule has 0 spiro atoms. The summed E-state index contributed by atoms with van der Waals surface area (Å²) in [5, 5.41) is 10.1. The Balaban J connectivity index is 1.56. The number of hydrogen-bond acceptors (Lipinski definition) is 3. The van der Waals surface area contributed by atoms with Gasteiger partial charge in [-0.15, -0.1) is 0 Å². The van der Waals surface area contributed by atoms with Crippen LogP contribution in [0.1, 0.15) is 27.8 Å². The number of rotatable bonds is 6. The van der Waals surface area contributed by atoms with Gasteiger partial charge in [0.05, 0.1) is 13.2 Å². The fourth-order valence-electron chi connectivity index (χ4n) is 4.26. The molecule has 4 rings (SSSR count). The van der Waals surface area contributed by atoms with Gasteiger partial charge in [-0.3, -0.25) is 9.69 Å². The maximum atomic E-state index is 11.6. The van der Waals surface area contributed by atoms with Crippen LogP contribution in [0.25, 0.3) is 23.3 Å². The third kappa shape index (κ3) is 5.36. The smallest absolute Gasteiger partial charge is 0.323 e. The van der Waals surface area contributed by atoms with Crippen LogP contribution in [0.4, 0.5) is 0 Å². The minimum absolute atomic E-state index is 0.213. The van der Waals surface area contributed by atoms with Crippen molar-refractivity contribution in [3.05, 3.63) is 93.5 Å². The predicted octanol–water partition coefficient (Wildman–Crippen LogP) is 6.08. The van der Waals surface area contributed by atoms with Crippen LogP contribution in [0.15, 0.2) is 60.7 Å². The molecule has 170 valence electrons. The molecule has 1 atom stereocenters. The standard InChI is InChI=1S/C28H28ClNO3/c1-19-15-23(26(29)16-24(19)17-30-13-14-33-18-27(30)28(31)32)12-11-21-9-6-10-25(20(21)2)22-7-4-3-5-8-22/h3-12,15-16,27H,13-14,17-18H2,1-2H3,(H,31,32)/b12-11+. The molecule has 0 amide bonds. The molecule has 1 N–H and O–H groups in total. The normalized spacial score (nSPS) is 16.9. The molecule has 1 fully saturated rings. The van der Waals surface area contributed by atoms with E-state index in [1.54, 1.807) is 0 Å². The summed E-state index contributed by atoms with van der Waals surface area (Å²) in [6.07, 6.45) is 4.15. The molecule has 0 aromatic heterocycles. The van der Waals surface area contributed by atoms with Crippen LogP contribution in [-0.4, -0.2) is 41.8 Å². The van der Waals surface area contributed by atoms with Crippen LogP contribution >= 0.6 is 11.6 Å². The summed E-state index contributed by atoms with van der Waals surface area (Å²) < 4.78 is 5.35. The van der Waals surface area contributed by atoms with Crippen molar-refractivity contribution in [2.45, 2.75) is 26.4 Å². The lowest BCUT2D eigenvalue weighted by atomic mass is 9.95. The summed E-state index contributed by atoms with van der Waals surface area (Å²) in [6.45, 7) is 6.06. The van der Waals surface area contributed by atoms with Crippen molar-refractivity contribution in [3.63, 3.8) is 0 Å². The van der Waals surface area contributed by atoms with Gasteiger partial charge in [0.1, 0.15) is 6.04 Å². The van der Waals surface area contributed by atoms with E-state index in [1.165, 1.54) is 16.7 Å². The van der Waals surface area contributed by atoms with Crippen molar-refractivity contribution in [3.8, 4) is 11.1 Å². The third-order valence-electron chi connectivity index (χ3n) is 6.26. The molecule has 33 heavy (non-hydrogen) atoms. The van der Waals surface area contributed by atoms with E-state index in [-0.39, 0.29) is 6.61 Å². The molecule has 4 nitrogen and oxygen atoms in total. The molecular formula is C28H28ClNO3. The number of carbonyl (C=O) groups is 1. The first-order chi connectivity index (χ1) is 15.9. The average molecular weight is 462 g/mol. The van der Waals surface area contributed by atoms with Gasteiger partial charge in [-0.05, 0) is 58.9 Å². The summed E-state index contributed by atoms with van der Waals surface area (Å²) >= 11 is 6.64. The molecular weight excluding hydrogens is 434 g/mol. The van der Waals surface area contributed by atoms with Crippen molar-refractivity contribution < 1.29 is 14.6 Å². The minimum Gasteiger partial charge on any atom is -0.480 e. The van der Waals surface area contributed by atoms with Crippen molar-refractivity contribution in [1.82, 2.24) is 4.90 Å². The van der Waals surface area contributed by atoms with Crippen LogP contribution in [-0.2, 0) is 16.1 Å². The SMILES string of the molecule is Cc1cc(/C=C/c2cccc(-c3ccccc3)c2C)c(Cl)cc1CN1CCOCC1C(=O)O. The zero-order chi connectivity index (χ0) is 23.4. The monoisotopic (exact) mass is 461 g/mol. The Morgan fingerprint density at radius 2 is 1.85 bits per heavy atom. The summed E-state index contributed by atoms with van der Waals surface area (Å²) in [7, 11) is 0. The van der Waals surface area contributed by atoms with E-state index in [2.05, 4.69) is 61.5 Å². The van der Waals surface area contributed by atoms with E-state index in [1.807, 2.05) is 30.0 Å². The van der Waals surface area contributed by atoms with E-state index in [0.29, 0.717) is 24.7 Å². The van der Waals surface area contributed by atoms with E-state index in [0.717, 1.165) is 22.3 Å². The Hall–Kier alpha value is -2.92. The highest BCUT2D eigenvalue weighted by Gasteiger charge is 2.29. The lowest BCUT2D eigenvalue weighted by molar-refractivity contribution is -0.150. The molecule has 1 unspecified atom stereocenters. The zero-order valence-corrected chi connectivity index (χ0v) is 19.7. The van der Waals surface area contributed by atoms with E-state index >= 15 is 0 Å². The molecule has 0 radical (unpaired) electrons. The van der Waals surface area contributed by atoms with E-state index in [9.17, 15) is 9.90 Å². The molecule has 1 aliphatic rings. The van der Waals surface area contributed by atoms with Crippen molar-refractivity contribution in [2.75, 3.05) is 19.8 Å². The highest BCUT2D eigenvalue weighted by molar-refractivity contribution is 6.32. The van der Waals surface area contributed by atoms with Crippen LogP contribution in [0.3, 0.4) is 0 Å². The van der Waals surface area contributed by atoms with Gasteiger partial charge in [-0.2, -0.15) is 0 Å². The summed E-state index contributed by atoms with van der Waals surface area (Å²) in [5.41, 5.74) is 7.85. The van der Waals surface area contributed by atoms with Gasteiger partial charge in [0, 0.05) is 18.1 Å². The zero-order valence-electron chi connectivity index (χ0n) is 18.9. The second-order valence-corrected chi connectivity index (χ2v) is 8.83. The molecule has 3 aromatic carbocycles. The highest BCUT2D eigenvalue weighted by atomic mass is 35.5. The Bertz CT molecular complexity index is 1170. The molecule has 5 heteroatoms. The van der Waals surface area contributed by atoms with Crippen LogP contribution < -0.4 is 0 Å². The quantitative estimate of drug-likeness (QED) is 0.452. The minimum atomic E-state index is -0.855. The van der Waals surface area contributed by atoms with Crippen LogP contribution in [0, 0.1) is 13.8 Å². The number of morpholine rings is 1. The first-order valence-electron chi connectivity index (χ1n) is 11.1. The second-order valence-electron chi connectivity index (χ2n) is 8.42.